The van der Waals surface area contributed by atoms with E-state index in [4.69, 9.17) is 0 Å². The molecule has 0 amide bonds. The summed E-state index contributed by atoms with van der Waals surface area (Å²) in [6, 6.07) is 0. The van der Waals surface area contributed by atoms with Crippen LogP contribution in [0.15, 0.2) is 12.4 Å². The third-order valence-electron chi connectivity index (χ3n) is 2.15. The summed E-state index contributed by atoms with van der Waals surface area (Å²) < 4.78 is 3.22. The Morgan fingerprint density at radius 2 is 2.17 bits per heavy atom. The van der Waals surface area contributed by atoms with E-state index < -0.39 is 0 Å². The van der Waals surface area contributed by atoms with Crippen LogP contribution in [-0.4, -0.2) is 27.8 Å². The van der Waals surface area contributed by atoms with E-state index in [0.29, 0.717) is 0 Å². The van der Waals surface area contributed by atoms with Gasteiger partial charge in [-0.2, -0.15) is 5.10 Å². The summed E-state index contributed by atoms with van der Waals surface area (Å²) in [5.41, 5.74) is 0. The molecule has 3 nitrogen and oxygen atoms in total. The van der Waals surface area contributed by atoms with Gasteiger partial charge in [0.05, 0.1) is 16.4 Å². The summed E-state index contributed by atoms with van der Waals surface area (Å²) in [6.45, 7) is 3.43. The lowest BCUT2D eigenvalue weighted by molar-refractivity contribution is 0.255. The fourth-order valence-corrected chi connectivity index (χ4v) is 1.99. The number of aromatic nitrogens is 2. The Morgan fingerprint density at radius 3 is 2.75 bits per heavy atom. The van der Waals surface area contributed by atoms with Gasteiger partial charge < -0.3 is 0 Å². The van der Waals surface area contributed by atoms with E-state index in [1.807, 2.05) is 10.9 Å². The molecule has 1 aliphatic heterocycles. The first kappa shape index (κ1) is 8.50. The first-order valence-electron chi connectivity index (χ1n) is 4.25. The molecule has 0 N–H and O–H groups in total. The van der Waals surface area contributed by atoms with Gasteiger partial charge in [0.1, 0.15) is 0 Å². The smallest absolute Gasteiger partial charge is 0.0929 e. The summed E-state index contributed by atoms with van der Waals surface area (Å²) in [5, 5.41) is 4.25. The normalized spacial score (nSPS) is 18.8. The molecular formula is C8H12IN3. The van der Waals surface area contributed by atoms with Gasteiger partial charge in [-0.3, -0.25) is 9.58 Å². The molecule has 1 saturated heterocycles. The Bertz CT molecular complexity index is 253. The van der Waals surface area contributed by atoms with E-state index in [1.54, 1.807) is 0 Å². The highest BCUT2D eigenvalue weighted by Crippen LogP contribution is 2.09. The Labute approximate surface area is 85.9 Å². The predicted molar refractivity (Wildman–Crippen MR) is 55.8 cm³/mol. The molecule has 66 valence electrons. The lowest BCUT2D eigenvalue weighted by Crippen LogP contribution is -2.22. The van der Waals surface area contributed by atoms with Crippen molar-refractivity contribution in [2.24, 2.45) is 0 Å². The molecule has 0 radical (unpaired) electrons. The second-order valence-electron chi connectivity index (χ2n) is 3.16. The van der Waals surface area contributed by atoms with Gasteiger partial charge in [0.25, 0.3) is 0 Å². The third kappa shape index (κ3) is 1.98. The summed E-state index contributed by atoms with van der Waals surface area (Å²) in [4.78, 5) is 2.43. The van der Waals surface area contributed by atoms with Gasteiger partial charge in [0.15, 0.2) is 0 Å². The van der Waals surface area contributed by atoms with Crippen molar-refractivity contribution in [1.29, 1.82) is 0 Å². The summed E-state index contributed by atoms with van der Waals surface area (Å²) >= 11 is 2.29. The van der Waals surface area contributed by atoms with E-state index in [2.05, 4.69) is 38.8 Å². The average molecular weight is 277 g/mol. The minimum absolute atomic E-state index is 0.961. The van der Waals surface area contributed by atoms with Crippen LogP contribution in [0.5, 0.6) is 0 Å². The lowest BCUT2D eigenvalue weighted by Gasteiger charge is -2.13. The van der Waals surface area contributed by atoms with Gasteiger partial charge in [-0.05, 0) is 48.5 Å². The highest BCUT2D eigenvalue weighted by molar-refractivity contribution is 14.1. The zero-order chi connectivity index (χ0) is 8.39. The lowest BCUT2D eigenvalue weighted by atomic mass is 10.4. The molecule has 1 aromatic rings. The van der Waals surface area contributed by atoms with Gasteiger partial charge in [-0.15, -0.1) is 0 Å². The number of hydrogen-bond acceptors (Lipinski definition) is 2. The molecule has 0 atom stereocenters. The number of halogens is 1. The number of likely N-dealkylation sites (tertiary alicyclic amines) is 1. The molecule has 1 fully saturated rings. The molecule has 0 saturated carbocycles. The average Bonchev–Trinajstić information content (AvgIpc) is 2.63. The predicted octanol–water partition coefficient (Wildman–Crippen LogP) is 1.54. The second-order valence-corrected chi connectivity index (χ2v) is 4.41. The van der Waals surface area contributed by atoms with Crippen molar-refractivity contribution in [3.05, 3.63) is 16.0 Å². The molecule has 0 spiro atoms. The van der Waals surface area contributed by atoms with Crippen LogP contribution in [0.4, 0.5) is 0 Å². The summed E-state index contributed by atoms with van der Waals surface area (Å²) in [7, 11) is 0. The van der Waals surface area contributed by atoms with Crippen LogP contribution in [0, 0.1) is 3.57 Å². The molecular weight excluding hydrogens is 265 g/mol. The Morgan fingerprint density at radius 1 is 1.42 bits per heavy atom. The van der Waals surface area contributed by atoms with Crippen LogP contribution in [0.1, 0.15) is 12.8 Å². The minimum atomic E-state index is 0.961. The molecule has 0 unspecified atom stereocenters. The number of nitrogens with zero attached hydrogens (tertiary/aromatic N) is 3. The molecule has 2 rings (SSSR count). The molecule has 2 heterocycles. The Hall–Kier alpha value is -0.100. The Kier molecular flexibility index (Phi) is 2.65. The van der Waals surface area contributed by atoms with E-state index >= 15 is 0 Å². The van der Waals surface area contributed by atoms with Gasteiger partial charge in [-0.1, -0.05) is 0 Å². The van der Waals surface area contributed by atoms with Crippen molar-refractivity contribution >= 4 is 22.6 Å². The first-order valence-corrected chi connectivity index (χ1v) is 5.33. The van der Waals surface area contributed by atoms with Gasteiger partial charge >= 0.3 is 0 Å². The van der Waals surface area contributed by atoms with Crippen molar-refractivity contribution < 1.29 is 0 Å². The van der Waals surface area contributed by atoms with E-state index in [-0.39, 0.29) is 0 Å². The van der Waals surface area contributed by atoms with Crippen LogP contribution in [0.3, 0.4) is 0 Å². The summed E-state index contributed by atoms with van der Waals surface area (Å²) in [5.74, 6) is 0. The van der Waals surface area contributed by atoms with Gasteiger partial charge in [0.2, 0.25) is 0 Å². The monoisotopic (exact) mass is 277 g/mol. The molecule has 12 heavy (non-hydrogen) atoms. The molecule has 1 aliphatic rings. The molecule has 0 aromatic carbocycles. The van der Waals surface area contributed by atoms with Crippen LogP contribution in [0.2, 0.25) is 0 Å². The summed E-state index contributed by atoms with van der Waals surface area (Å²) in [6.07, 6.45) is 6.67. The third-order valence-corrected chi connectivity index (χ3v) is 2.70. The van der Waals surface area contributed by atoms with Gasteiger partial charge in [-0.25, -0.2) is 0 Å². The Balaban J connectivity index is 1.94. The van der Waals surface area contributed by atoms with Crippen molar-refractivity contribution in [3.8, 4) is 0 Å². The fourth-order valence-electron chi connectivity index (χ4n) is 1.54. The van der Waals surface area contributed by atoms with Crippen molar-refractivity contribution in [3.63, 3.8) is 0 Å². The maximum atomic E-state index is 4.25. The standard InChI is InChI=1S/C8H12IN3/c9-8-5-10-12(6-8)7-11-3-1-2-4-11/h5-6H,1-4,7H2. The number of hydrogen-bond donors (Lipinski definition) is 0. The van der Waals surface area contributed by atoms with Crippen LogP contribution in [0.25, 0.3) is 0 Å². The molecule has 0 aliphatic carbocycles. The van der Waals surface area contributed by atoms with E-state index in [0.717, 1.165) is 6.67 Å². The topological polar surface area (TPSA) is 21.1 Å². The highest BCUT2D eigenvalue weighted by Gasteiger charge is 2.11. The van der Waals surface area contributed by atoms with Crippen molar-refractivity contribution in [1.82, 2.24) is 14.7 Å². The maximum Gasteiger partial charge on any atom is 0.0929 e. The van der Waals surface area contributed by atoms with Gasteiger partial charge in [0, 0.05) is 6.20 Å². The number of rotatable bonds is 2. The van der Waals surface area contributed by atoms with Crippen LogP contribution >= 0.6 is 22.6 Å². The van der Waals surface area contributed by atoms with Crippen LogP contribution < -0.4 is 0 Å². The molecule has 4 heteroatoms. The second kappa shape index (κ2) is 3.74. The zero-order valence-electron chi connectivity index (χ0n) is 6.91. The molecule has 0 bridgehead atoms. The SMILES string of the molecule is Ic1cnn(CN2CCCC2)c1. The molecule has 1 aromatic heterocycles. The largest absolute Gasteiger partial charge is 0.284 e. The maximum absolute atomic E-state index is 4.25. The van der Waals surface area contributed by atoms with Crippen molar-refractivity contribution in [2.75, 3.05) is 13.1 Å². The van der Waals surface area contributed by atoms with Crippen molar-refractivity contribution in [2.45, 2.75) is 19.5 Å². The zero-order valence-corrected chi connectivity index (χ0v) is 9.07. The fraction of sp³-hybridized carbons (Fsp3) is 0.625. The van der Waals surface area contributed by atoms with E-state index in [1.165, 1.54) is 29.5 Å². The van der Waals surface area contributed by atoms with Crippen LogP contribution in [-0.2, 0) is 6.67 Å². The highest BCUT2D eigenvalue weighted by atomic mass is 127. The van der Waals surface area contributed by atoms with E-state index in [9.17, 15) is 0 Å². The quantitative estimate of drug-likeness (QED) is 0.765. The first-order chi connectivity index (χ1) is 5.84. The minimum Gasteiger partial charge on any atom is -0.284 e.